The summed E-state index contributed by atoms with van der Waals surface area (Å²) in [4.78, 5) is 13.7. The SMILES string of the molecule is CC(C)N1Cc2cccc(N)c2CC1=O. The number of carbonyl (C=O) groups is 1. The molecule has 1 aromatic rings. The molecule has 0 saturated carbocycles. The highest BCUT2D eigenvalue weighted by molar-refractivity contribution is 5.83. The van der Waals surface area contributed by atoms with Crippen molar-refractivity contribution in [1.29, 1.82) is 0 Å². The molecule has 1 aromatic carbocycles. The lowest BCUT2D eigenvalue weighted by atomic mass is 9.96. The molecule has 0 spiro atoms. The lowest BCUT2D eigenvalue weighted by Gasteiger charge is -2.32. The van der Waals surface area contributed by atoms with Gasteiger partial charge in [0.15, 0.2) is 0 Å². The van der Waals surface area contributed by atoms with Crippen LogP contribution in [0.1, 0.15) is 25.0 Å². The Kier molecular flexibility index (Phi) is 2.39. The van der Waals surface area contributed by atoms with E-state index in [0.29, 0.717) is 13.0 Å². The van der Waals surface area contributed by atoms with Crippen LogP contribution >= 0.6 is 0 Å². The molecule has 0 aromatic heterocycles. The number of fused-ring (bicyclic) bond motifs is 1. The van der Waals surface area contributed by atoms with Gasteiger partial charge in [-0.2, -0.15) is 0 Å². The van der Waals surface area contributed by atoms with Crippen LogP contribution in [0.15, 0.2) is 18.2 Å². The van der Waals surface area contributed by atoms with Gasteiger partial charge < -0.3 is 10.6 Å². The summed E-state index contributed by atoms with van der Waals surface area (Å²) < 4.78 is 0. The van der Waals surface area contributed by atoms with Gasteiger partial charge in [-0.05, 0) is 31.0 Å². The Labute approximate surface area is 89.9 Å². The summed E-state index contributed by atoms with van der Waals surface area (Å²) in [7, 11) is 0. The lowest BCUT2D eigenvalue weighted by molar-refractivity contribution is -0.133. The van der Waals surface area contributed by atoms with Crippen LogP contribution in [0.25, 0.3) is 0 Å². The number of amides is 1. The summed E-state index contributed by atoms with van der Waals surface area (Å²) in [6.45, 7) is 4.77. The van der Waals surface area contributed by atoms with Crippen LogP contribution in [0.5, 0.6) is 0 Å². The van der Waals surface area contributed by atoms with Crippen molar-refractivity contribution < 1.29 is 4.79 Å². The smallest absolute Gasteiger partial charge is 0.227 e. The molecule has 1 heterocycles. The van der Waals surface area contributed by atoms with Gasteiger partial charge in [0, 0.05) is 18.3 Å². The van der Waals surface area contributed by atoms with Crippen molar-refractivity contribution in [3.8, 4) is 0 Å². The average Bonchev–Trinajstić information content (AvgIpc) is 2.18. The van der Waals surface area contributed by atoms with E-state index in [1.54, 1.807) is 0 Å². The molecule has 3 nitrogen and oxygen atoms in total. The standard InChI is InChI=1S/C12H16N2O/c1-8(2)14-7-9-4-3-5-11(13)10(9)6-12(14)15/h3-5,8H,6-7,13H2,1-2H3. The maximum atomic E-state index is 11.8. The number of anilines is 1. The summed E-state index contributed by atoms with van der Waals surface area (Å²) in [6.07, 6.45) is 0.445. The molecule has 80 valence electrons. The third kappa shape index (κ3) is 1.69. The summed E-state index contributed by atoms with van der Waals surface area (Å²) in [5, 5.41) is 0. The summed E-state index contributed by atoms with van der Waals surface area (Å²) in [5.74, 6) is 0.176. The first-order valence-corrected chi connectivity index (χ1v) is 5.25. The molecule has 1 amide bonds. The van der Waals surface area contributed by atoms with Crippen LogP contribution in [-0.4, -0.2) is 16.8 Å². The molecular formula is C12H16N2O. The van der Waals surface area contributed by atoms with E-state index in [-0.39, 0.29) is 11.9 Å². The first-order chi connectivity index (χ1) is 7.09. The Morgan fingerprint density at radius 3 is 2.80 bits per heavy atom. The van der Waals surface area contributed by atoms with E-state index in [1.807, 2.05) is 36.9 Å². The van der Waals surface area contributed by atoms with E-state index in [4.69, 9.17) is 5.73 Å². The van der Waals surface area contributed by atoms with Crippen molar-refractivity contribution in [2.75, 3.05) is 5.73 Å². The van der Waals surface area contributed by atoms with Crippen molar-refractivity contribution in [3.05, 3.63) is 29.3 Å². The molecule has 0 fully saturated rings. The number of hydrogen-bond donors (Lipinski definition) is 1. The Morgan fingerprint density at radius 2 is 2.13 bits per heavy atom. The molecule has 0 bridgehead atoms. The predicted octanol–water partition coefficient (Wildman–Crippen LogP) is 1.56. The highest BCUT2D eigenvalue weighted by Gasteiger charge is 2.25. The largest absolute Gasteiger partial charge is 0.398 e. The number of nitrogens with zero attached hydrogens (tertiary/aromatic N) is 1. The zero-order valence-electron chi connectivity index (χ0n) is 9.16. The molecule has 15 heavy (non-hydrogen) atoms. The Bertz CT molecular complexity index is 399. The maximum absolute atomic E-state index is 11.8. The fourth-order valence-corrected chi connectivity index (χ4v) is 2.01. The van der Waals surface area contributed by atoms with Gasteiger partial charge in [-0.25, -0.2) is 0 Å². The average molecular weight is 204 g/mol. The van der Waals surface area contributed by atoms with E-state index in [1.165, 1.54) is 5.56 Å². The highest BCUT2D eigenvalue weighted by atomic mass is 16.2. The first-order valence-electron chi connectivity index (χ1n) is 5.25. The van der Waals surface area contributed by atoms with Gasteiger partial charge in [-0.3, -0.25) is 4.79 Å². The van der Waals surface area contributed by atoms with Gasteiger partial charge >= 0.3 is 0 Å². The second-order valence-corrected chi connectivity index (χ2v) is 4.28. The number of rotatable bonds is 1. The molecule has 3 heteroatoms. The molecule has 0 unspecified atom stereocenters. The summed E-state index contributed by atoms with van der Waals surface area (Å²) in [5.41, 5.74) is 8.79. The summed E-state index contributed by atoms with van der Waals surface area (Å²) >= 11 is 0. The van der Waals surface area contributed by atoms with Crippen molar-refractivity contribution in [2.24, 2.45) is 0 Å². The zero-order chi connectivity index (χ0) is 11.0. The third-order valence-corrected chi connectivity index (χ3v) is 2.92. The minimum atomic E-state index is 0.176. The Morgan fingerprint density at radius 1 is 1.40 bits per heavy atom. The molecular weight excluding hydrogens is 188 g/mol. The van der Waals surface area contributed by atoms with E-state index in [9.17, 15) is 4.79 Å². The van der Waals surface area contributed by atoms with E-state index in [0.717, 1.165) is 11.3 Å². The van der Waals surface area contributed by atoms with Crippen LogP contribution in [0.3, 0.4) is 0 Å². The number of carbonyl (C=O) groups excluding carboxylic acids is 1. The predicted molar refractivity (Wildman–Crippen MR) is 60.2 cm³/mol. The lowest BCUT2D eigenvalue weighted by Crippen LogP contribution is -2.41. The van der Waals surface area contributed by atoms with Gasteiger partial charge in [-0.1, -0.05) is 12.1 Å². The van der Waals surface area contributed by atoms with Crippen molar-refractivity contribution in [2.45, 2.75) is 32.9 Å². The van der Waals surface area contributed by atoms with Crippen molar-refractivity contribution >= 4 is 11.6 Å². The second kappa shape index (κ2) is 3.57. The van der Waals surface area contributed by atoms with Crippen LogP contribution < -0.4 is 5.73 Å². The van der Waals surface area contributed by atoms with E-state index in [2.05, 4.69) is 0 Å². The first kappa shape index (κ1) is 10.0. The van der Waals surface area contributed by atoms with Gasteiger partial charge in [0.1, 0.15) is 0 Å². The normalized spacial score (nSPS) is 15.7. The molecule has 0 saturated heterocycles. The monoisotopic (exact) mass is 204 g/mol. The maximum Gasteiger partial charge on any atom is 0.227 e. The molecule has 1 aliphatic rings. The van der Waals surface area contributed by atoms with Crippen LogP contribution in [0, 0.1) is 0 Å². The zero-order valence-corrected chi connectivity index (χ0v) is 9.16. The second-order valence-electron chi connectivity index (χ2n) is 4.28. The number of benzene rings is 1. The van der Waals surface area contributed by atoms with Crippen LogP contribution in [0.4, 0.5) is 5.69 Å². The number of nitrogen functional groups attached to an aromatic ring is 1. The third-order valence-electron chi connectivity index (χ3n) is 2.92. The fourth-order valence-electron chi connectivity index (χ4n) is 2.01. The fraction of sp³-hybridized carbons (Fsp3) is 0.417. The van der Waals surface area contributed by atoms with Gasteiger partial charge in [0.05, 0.1) is 6.42 Å². The van der Waals surface area contributed by atoms with Gasteiger partial charge in [-0.15, -0.1) is 0 Å². The molecule has 1 aliphatic heterocycles. The van der Waals surface area contributed by atoms with Gasteiger partial charge in [0.25, 0.3) is 0 Å². The Balaban J connectivity index is 2.38. The molecule has 0 aliphatic carbocycles. The van der Waals surface area contributed by atoms with Gasteiger partial charge in [0.2, 0.25) is 5.91 Å². The highest BCUT2D eigenvalue weighted by Crippen LogP contribution is 2.25. The molecule has 0 atom stereocenters. The van der Waals surface area contributed by atoms with Crippen molar-refractivity contribution in [1.82, 2.24) is 4.90 Å². The molecule has 2 rings (SSSR count). The van der Waals surface area contributed by atoms with E-state index >= 15 is 0 Å². The van der Waals surface area contributed by atoms with Crippen LogP contribution in [-0.2, 0) is 17.8 Å². The summed E-state index contributed by atoms with van der Waals surface area (Å²) in [6, 6.07) is 6.11. The van der Waals surface area contributed by atoms with Crippen molar-refractivity contribution in [3.63, 3.8) is 0 Å². The van der Waals surface area contributed by atoms with Crippen LogP contribution in [0.2, 0.25) is 0 Å². The van der Waals surface area contributed by atoms with E-state index < -0.39 is 0 Å². The minimum absolute atomic E-state index is 0.176. The molecule has 0 radical (unpaired) electrons. The number of nitrogens with two attached hydrogens (primary N) is 1. The number of hydrogen-bond acceptors (Lipinski definition) is 2. The minimum Gasteiger partial charge on any atom is -0.398 e. The Hall–Kier alpha value is -1.51. The quantitative estimate of drug-likeness (QED) is 0.706. The topological polar surface area (TPSA) is 46.3 Å². The molecule has 2 N–H and O–H groups in total.